The molecule has 5 heteroatoms. The molecule has 0 aromatic heterocycles. The molecule has 1 amide bonds. The summed E-state index contributed by atoms with van der Waals surface area (Å²) in [7, 11) is 5.36. The highest BCUT2D eigenvalue weighted by molar-refractivity contribution is 5.91. The molecule has 1 aromatic carbocycles. The van der Waals surface area contributed by atoms with Gasteiger partial charge in [-0.2, -0.15) is 0 Å². The van der Waals surface area contributed by atoms with E-state index in [0.29, 0.717) is 11.5 Å². The summed E-state index contributed by atoms with van der Waals surface area (Å²) in [5.41, 5.74) is 0.901. The number of rotatable bonds is 7. The second-order valence-electron chi connectivity index (χ2n) is 6.27. The number of ether oxygens (including phenoxy) is 2. The summed E-state index contributed by atoms with van der Waals surface area (Å²) in [6.07, 6.45) is 6.87. The predicted molar refractivity (Wildman–Crippen MR) is 96.4 cm³/mol. The monoisotopic (exact) mass is 332 g/mol. The number of likely N-dealkylation sites (tertiary alicyclic amines) is 1. The number of amides is 1. The quantitative estimate of drug-likeness (QED) is 0.780. The third-order valence-corrected chi connectivity index (χ3v) is 4.52. The molecule has 0 bridgehead atoms. The zero-order chi connectivity index (χ0) is 17.4. The van der Waals surface area contributed by atoms with Gasteiger partial charge in [-0.25, -0.2) is 0 Å². The second-order valence-corrected chi connectivity index (χ2v) is 6.27. The maximum Gasteiger partial charge on any atom is 0.243 e. The van der Waals surface area contributed by atoms with Crippen molar-refractivity contribution in [2.24, 2.45) is 5.92 Å². The fourth-order valence-electron chi connectivity index (χ4n) is 2.94. The highest BCUT2D eigenvalue weighted by Crippen LogP contribution is 2.27. The number of carbonyl (C=O) groups is 1. The Kier molecular flexibility index (Phi) is 7.12. The van der Waals surface area contributed by atoms with Crippen LogP contribution in [0.5, 0.6) is 11.5 Å². The highest BCUT2D eigenvalue weighted by atomic mass is 16.5. The number of hydrogen-bond donors (Lipinski definition) is 1. The van der Waals surface area contributed by atoms with Crippen LogP contribution in [0.15, 0.2) is 24.3 Å². The molecule has 0 spiro atoms. The van der Waals surface area contributed by atoms with Crippen molar-refractivity contribution >= 4 is 12.0 Å². The van der Waals surface area contributed by atoms with Crippen LogP contribution in [-0.4, -0.2) is 51.7 Å². The van der Waals surface area contributed by atoms with Crippen LogP contribution in [0.4, 0.5) is 0 Å². The number of benzene rings is 1. The number of hydrogen-bond acceptors (Lipinski definition) is 4. The van der Waals surface area contributed by atoms with Crippen LogP contribution < -0.4 is 14.8 Å². The lowest BCUT2D eigenvalue weighted by atomic mass is 9.94. The topological polar surface area (TPSA) is 50.8 Å². The standard InChI is InChI=1S/C19H28N2O3/c1-21-12-9-15(10-13-21)8-11-20-19(22)7-5-16-4-6-17(23-2)18(14-16)24-3/h4-7,14-15H,8-13H2,1-3H3,(H,20,22)/b7-5+. The summed E-state index contributed by atoms with van der Waals surface area (Å²) >= 11 is 0. The summed E-state index contributed by atoms with van der Waals surface area (Å²) in [5.74, 6) is 2.01. The highest BCUT2D eigenvalue weighted by Gasteiger charge is 2.16. The molecule has 2 rings (SSSR count). The molecule has 1 N–H and O–H groups in total. The average Bonchev–Trinajstić information content (AvgIpc) is 2.61. The molecule has 1 aliphatic heterocycles. The van der Waals surface area contributed by atoms with Crippen molar-refractivity contribution in [3.05, 3.63) is 29.8 Å². The van der Waals surface area contributed by atoms with Gasteiger partial charge < -0.3 is 19.7 Å². The van der Waals surface area contributed by atoms with E-state index in [1.807, 2.05) is 18.2 Å². The largest absolute Gasteiger partial charge is 0.493 e. The molecule has 1 saturated heterocycles. The van der Waals surface area contributed by atoms with E-state index >= 15 is 0 Å². The molecule has 0 unspecified atom stereocenters. The molecular weight excluding hydrogens is 304 g/mol. The van der Waals surface area contributed by atoms with E-state index in [-0.39, 0.29) is 5.91 Å². The van der Waals surface area contributed by atoms with Crippen molar-refractivity contribution < 1.29 is 14.3 Å². The van der Waals surface area contributed by atoms with Crippen LogP contribution in [-0.2, 0) is 4.79 Å². The van der Waals surface area contributed by atoms with Crippen LogP contribution in [0.2, 0.25) is 0 Å². The zero-order valence-electron chi connectivity index (χ0n) is 14.9. The third kappa shape index (κ3) is 5.57. The summed E-state index contributed by atoms with van der Waals surface area (Å²) in [6.45, 7) is 3.07. The fourth-order valence-corrected chi connectivity index (χ4v) is 2.94. The molecule has 5 nitrogen and oxygen atoms in total. The van der Waals surface area contributed by atoms with Gasteiger partial charge in [0.05, 0.1) is 14.2 Å². The van der Waals surface area contributed by atoms with Gasteiger partial charge in [0.1, 0.15) is 0 Å². The Morgan fingerprint density at radius 3 is 2.62 bits per heavy atom. The van der Waals surface area contributed by atoms with Crippen molar-refractivity contribution in [2.75, 3.05) is 40.9 Å². The molecule has 0 radical (unpaired) electrons. The van der Waals surface area contributed by atoms with Gasteiger partial charge in [-0.15, -0.1) is 0 Å². The van der Waals surface area contributed by atoms with E-state index < -0.39 is 0 Å². The molecule has 0 aliphatic carbocycles. The van der Waals surface area contributed by atoms with Gasteiger partial charge in [0, 0.05) is 12.6 Å². The van der Waals surface area contributed by atoms with Crippen molar-refractivity contribution in [3.8, 4) is 11.5 Å². The molecule has 1 fully saturated rings. The van der Waals surface area contributed by atoms with E-state index in [1.54, 1.807) is 26.4 Å². The van der Waals surface area contributed by atoms with E-state index in [0.717, 1.165) is 37.5 Å². The van der Waals surface area contributed by atoms with Crippen LogP contribution >= 0.6 is 0 Å². The van der Waals surface area contributed by atoms with Gasteiger partial charge >= 0.3 is 0 Å². The first-order valence-electron chi connectivity index (χ1n) is 8.49. The maximum atomic E-state index is 11.9. The minimum absolute atomic E-state index is 0.0577. The Hall–Kier alpha value is -2.01. The van der Waals surface area contributed by atoms with Crippen LogP contribution in [0.1, 0.15) is 24.8 Å². The number of nitrogens with one attached hydrogen (secondary N) is 1. The normalized spacial score (nSPS) is 16.3. The van der Waals surface area contributed by atoms with E-state index in [4.69, 9.17) is 9.47 Å². The lowest BCUT2D eigenvalue weighted by Crippen LogP contribution is -2.32. The van der Waals surface area contributed by atoms with Gasteiger partial charge in [0.15, 0.2) is 11.5 Å². The number of carbonyl (C=O) groups excluding carboxylic acids is 1. The van der Waals surface area contributed by atoms with E-state index in [2.05, 4.69) is 17.3 Å². The van der Waals surface area contributed by atoms with E-state index in [1.165, 1.54) is 12.8 Å². The first-order chi connectivity index (χ1) is 11.6. The van der Waals surface area contributed by atoms with Crippen molar-refractivity contribution in [2.45, 2.75) is 19.3 Å². The molecule has 0 saturated carbocycles. The Morgan fingerprint density at radius 2 is 1.96 bits per heavy atom. The number of methoxy groups -OCH3 is 2. The lowest BCUT2D eigenvalue weighted by Gasteiger charge is -2.28. The molecule has 1 heterocycles. The Labute approximate surface area is 144 Å². The summed E-state index contributed by atoms with van der Waals surface area (Å²) in [5, 5.41) is 2.97. The van der Waals surface area contributed by atoms with Crippen molar-refractivity contribution in [1.82, 2.24) is 10.2 Å². The van der Waals surface area contributed by atoms with Crippen LogP contribution in [0, 0.1) is 5.92 Å². The first-order valence-corrected chi connectivity index (χ1v) is 8.49. The smallest absolute Gasteiger partial charge is 0.243 e. The summed E-state index contributed by atoms with van der Waals surface area (Å²) in [6, 6.07) is 5.57. The number of piperidine rings is 1. The fraction of sp³-hybridized carbons (Fsp3) is 0.526. The first kappa shape index (κ1) is 18.3. The average molecular weight is 332 g/mol. The van der Waals surface area contributed by atoms with E-state index in [9.17, 15) is 4.79 Å². The lowest BCUT2D eigenvalue weighted by molar-refractivity contribution is -0.116. The summed E-state index contributed by atoms with van der Waals surface area (Å²) in [4.78, 5) is 14.3. The molecular formula is C19H28N2O3. The maximum absolute atomic E-state index is 11.9. The number of nitrogens with zero attached hydrogens (tertiary/aromatic N) is 1. The summed E-state index contributed by atoms with van der Waals surface area (Å²) < 4.78 is 10.5. The molecule has 132 valence electrons. The Morgan fingerprint density at radius 1 is 1.25 bits per heavy atom. The Balaban J connectivity index is 1.76. The van der Waals surface area contributed by atoms with Crippen LogP contribution in [0.25, 0.3) is 6.08 Å². The van der Waals surface area contributed by atoms with Gasteiger partial charge in [-0.1, -0.05) is 6.07 Å². The molecule has 0 atom stereocenters. The van der Waals surface area contributed by atoms with Crippen molar-refractivity contribution in [1.29, 1.82) is 0 Å². The zero-order valence-corrected chi connectivity index (χ0v) is 14.9. The van der Waals surface area contributed by atoms with Crippen molar-refractivity contribution in [3.63, 3.8) is 0 Å². The van der Waals surface area contributed by atoms with Crippen LogP contribution in [0.3, 0.4) is 0 Å². The minimum Gasteiger partial charge on any atom is -0.493 e. The third-order valence-electron chi connectivity index (χ3n) is 4.52. The SMILES string of the molecule is COc1ccc(/C=C/C(=O)NCCC2CCN(C)CC2)cc1OC. The minimum atomic E-state index is -0.0577. The molecule has 24 heavy (non-hydrogen) atoms. The predicted octanol–water partition coefficient (Wildman–Crippen LogP) is 2.57. The van der Waals surface area contributed by atoms with Gasteiger partial charge in [0.2, 0.25) is 5.91 Å². The molecule has 1 aliphatic rings. The van der Waals surface area contributed by atoms with Gasteiger partial charge in [-0.3, -0.25) is 4.79 Å². The Bertz CT molecular complexity index is 564. The molecule has 1 aromatic rings. The second kappa shape index (κ2) is 9.33. The van der Waals surface area contributed by atoms with Gasteiger partial charge in [-0.05, 0) is 69.1 Å². The van der Waals surface area contributed by atoms with Gasteiger partial charge in [0.25, 0.3) is 0 Å².